The van der Waals surface area contributed by atoms with Crippen LogP contribution in [0.3, 0.4) is 0 Å². The zero-order valence-corrected chi connectivity index (χ0v) is 10.2. The van der Waals surface area contributed by atoms with E-state index in [1.165, 1.54) is 7.11 Å². The summed E-state index contributed by atoms with van der Waals surface area (Å²) in [4.78, 5) is 16.0. The number of carbonyl (C=O) groups excluding carboxylic acids is 1. The lowest BCUT2D eigenvalue weighted by atomic mass is 10.2. The average Bonchev–Trinajstić information content (AvgIpc) is 3.05. The van der Waals surface area contributed by atoms with Crippen molar-refractivity contribution in [3.63, 3.8) is 0 Å². The van der Waals surface area contributed by atoms with E-state index in [-0.39, 0.29) is 12.0 Å². The molecule has 1 unspecified atom stereocenters. The van der Waals surface area contributed by atoms with Crippen molar-refractivity contribution in [2.75, 3.05) is 13.7 Å². The number of rotatable bonds is 2. The number of fused-ring (bicyclic) bond motifs is 1. The number of aromatic nitrogens is 2. The number of methoxy groups -OCH3 is 1. The van der Waals surface area contributed by atoms with Gasteiger partial charge in [-0.25, -0.2) is 9.78 Å². The number of imidazole rings is 1. The van der Waals surface area contributed by atoms with Crippen LogP contribution in [0.1, 0.15) is 35.1 Å². The third-order valence-electron chi connectivity index (χ3n) is 3.35. The highest BCUT2D eigenvalue weighted by atomic mass is 16.5. The Morgan fingerprint density at radius 1 is 1.56 bits per heavy atom. The molecule has 1 saturated heterocycles. The molecule has 0 radical (unpaired) electrons. The molecule has 0 aromatic carbocycles. The Bertz CT molecular complexity index is 585. The molecule has 3 heterocycles. The van der Waals surface area contributed by atoms with Gasteiger partial charge in [0.1, 0.15) is 5.82 Å². The van der Waals surface area contributed by atoms with E-state index in [1.807, 2.05) is 16.7 Å². The normalized spacial score (nSPS) is 19.3. The van der Waals surface area contributed by atoms with E-state index in [0.29, 0.717) is 5.56 Å². The largest absolute Gasteiger partial charge is 0.465 e. The van der Waals surface area contributed by atoms with Gasteiger partial charge in [-0.2, -0.15) is 0 Å². The maximum Gasteiger partial charge on any atom is 0.339 e. The number of hydrogen-bond donors (Lipinski definition) is 1. The molecule has 18 heavy (non-hydrogen) atoms. The maximum absolute atomic E-state index is 11.5. The van der Waals surface area contributed by atoms with Crippen molar-refractivity contribution in [2.24, 2.45) is 0 Å². The molecule has 5 nitrogen and oxygen atoms in total. The molecule has 94 valence electrons. The number of esters is 1. The Labute approximate surface area is 105 Å². The lowest BCUT2D eigenvalue weighted by molar-refractivity contribution is 0.0600. The Kier molecular flexibility index (Phi) is 2.76. The van der Waals surface area contributed by atoms with Crippen molar-refractivity contribution in [2.45, 2.75) is 18.9 Å². The van der Waals surface area contributed by atoms with Gasteiger partial charge in [0, 0.05) is 6.20 Å². The zero-order chi connectivity index (χ0) is 12.5. The number of pyridine rings is 1. The lowest BCUT2D eigenvalue weighted by Gasteiger charge is -2.09. The van der Waals surface area contributed by atoms with Crippen LogP contribution in [0.15, 0.2) is 24.5 Å². The minimum atomic E-state index is -0.323. The predicted octanol–water partition coefficient (Wildman–Crippen LogP) is 1.55. The highest BCUT2D eigenvalue weighted by molar-refractivity contribution is 5.89. The molecule has 0 spiro atoms. The summed E-state index contributed by atoms with van der Waals surface area (Å²) < 4.78 is 6.71. The quantitative estimate of drug-likeness (QED) is 0.815. The average molecular weight is 245 g/mol. The van der Waals surface area contributed by atoms with E-state index < -0.39 is 0 Å². The number of nitrogens with zero attached hydrogens (tertiary/aromatic N) is 2. The number of ether oxygens (including phenoxy) is 1. The molecule has 3 rings (SSSR count). The molecule has 0 aliphatic carbocycles. The van der Waals surface area contributed by atoms with Gasteiger partial charge in [0.15, 0.2) is 0 Å². The Balaban J connectivity index is 2.07. The van der Waals surface area contributed by atoms with Gasteiger partial charge in [0.2, 0.25) is 0 Å². The minimum absolute atomic E-state index is 0.278. The van der Waals surface area contributed by atoms with E-state index in [1.54, 1.807) is 12.3 Å². The molecule has 0 bridgehead atoms. The van der Waals surface area contributed by atoms with Gasteiger partial charge in [-0.1, -0.05) is 0 Å². The van der Waals surface area contributed by atoms with Gasteiger partial charge < -0.3 is 14.5 Å². The Hall–Kier alpha value is -1.88. The van der Waals surface area contributed by atoms with Crippen molar-refractivity contribution >= 4 is 11.5 Å². The molecular weight excluding hydrogens is 230 g/mol. The highest BCUT2D eigenvalue weighted by Crippen LogP contribution is 2.23. The molecule has 1 N–H and O–H groups in total. The molecule has 1 aliphatic rings. The van der Waals surface area contributed by atoms with Crippen LogP contribution in [0.4, 0.5) is 0 Å². The first-order valence-electron chi connectivity index (χ1n) is 6.08. The third kappa shape index (κ3) is 1.76. The summed E-state index contributed by atoms with van der Waals surface area (Å²) in [6.07, 6.45) is 5.87. The van der Waals surface area contributed by atoms with E-state index in [0.717, 1.165) is 30.7 Å². The molecular formula is C13H15N3O2. The summed E-state index contributed by atoms with van der Waals surface area (Å²) in [6.45, 7) is 1.02. The van der Waals surface area contributed by atoms with E-state index in [4.69, 9.17) is 4.74 Å². The lowest BCUT2D eigenvalue weighted by Crippen LogP contribution is -2.16. The zero-order valence-electron chi connectivity index (χ0n) is 10.2. The van der Waals surface area contributed by atoms with Gasteiger partial charge in [0.25, 0.3) is 0 Å². The summed E-state index contributed by atoms with van der Waals surface area (Å²) in [7, 11) is 1.39. The van der Waals surface area contributed by atoms with Crippen LogP contribution in [0.5, 0.6) is 0 Å². The third-order valence-corrected chi connectivity index (χ3v) is 3.35. The fourth-order valence-corrected chi connectivity index (χ4v) is 2.41. The Morgan fingerprint density at radius 3 is 3.17 bits per heavy atom. The summed E-state index contributed by atoms with van der Waals surface area (Å²) in [6, 6.07) is 3.92. The van der Waals surface area contributed by atoms with Gasteiger partial charge in [0.05, 0.1) is 30.4 Å². The van der Waals surface area contributed by atoms with Gasteiger partial charge in [-0.15, -0.1) is 0 Å². The summed E-state index contributed by atoms with van der Waals surface area (Å²) in [5.41, 5.74) is 1.54. The fraction of sp³-hybridized carbons (Fsp3) is 0.385. The molecule has 0 amide bonds. The standard InChI is InChI=1S/C13H15N3O2/c1-18-13(17)9-4-5-10-7-15-12(16(10)8-9)11-3-2-6-14-11/h4-5,7-8,11,14H,2-3,6H2,1H3. The summed E-state index contributed by atoms with van der Waals surface area (Å²) >= 11 is 0. The van der Waals surface area contributed by atoms with Crippen molar-refractivity contribution in [3.8, 4) is 0 Å². The SMILES string of the molecule is COC(=O)c1ccc2cnc(C3CCCN3)n2c1. The van der Waals surface area contributed by atoms with Crippen LogP contribution < -0.4 is 5.32 Å². The fourth-order valence-electron chi connectivity index (χ4n) is 2.41. The topological polar surface area (TPSA) is 55.6 Å². The van der Waals surface area contributed by atoms with Crippen molar-refractivity contribution in [1.29, 1.82) is 0 Å². The first-order chi connectivity index (χ1) is 8.79. The highest BCUT2D eigenvalue weighted by Gasteiger charge is 2.21. The monoisotopic (exact) mass is 245 g/mol. The van der Waals surface area contributed by atoms with Gasteiger partial charge in [-0.3, -0.25) is 0 Å². The van der Waals surface area contributed by atoms with E-state index in [2.05, 4.69) is 10.3 Å². The molecule has 5 heteroatoms. The van der Waals surface area contributed by atoms with Crippen LogP contribution in [0.25, 0.3) is 5.52 Å². The van der Waals surface area contributed by atoms with E-state index in [9.17, 15) is 4.79 Å². The van der Waals surface area contributed by atoms with Gasteiger partial charge >= 0.3 is 5.97 Å². The van der Waals surface area contributed by atoms with Crippen molar-refractivity contribution < 1.29 is 9.53 Å². The van der Waals surface area contributed by atoms with Crippen LogP contribution in [-0.4, -0.2) is 29.0 Å². The van der Waals surface area contributed by atoms with Gasteiger partial charge in [-0.05, 0) is 31.5 Å². The number of carbonyl (C=O) groups is 1. The van der Waals surface area contributed by atoms with Crippen LogP contribution in [-0.2, 0) is 4.74 Å². The molecule has 1 fully saturated rings. The maximum atomic E-state index is 11.5. The van der Waals surface area contributed by atoms with Crippen molar-refractivity contribution in [1.82, 2.24) is 14.7 Å². The second kappa shape index (κ2) is 4.42. The summed E-state index contributed by atoms with van der Waals surface area (Å²) in [5.74, 6) is 0.643. The van der Waals surface area contributed by atoms with Crippen molar-refractivity contribution in [3.05, 3.63) is 35.9 Å². The molecule has 0 saturated carbocycles. The minimum Gasteiger partial charge on any atom is -0.465 e. The molecule has 1 aliphatic heterocycles. The first kappa shape index (κ1) is 11.2. The predicted molar refractivity (Wildman–Crippen MR) is 66.5 cm³/mol. The van der Waals surface area contributed by atoms with Crippen LogP contribution >= 0.6 is 0 Å². The molecule has 2 aromatic heterocycles. The number of hydrogen-bond acceptors (Lipinski definition) is 4. The molecule has 2 aromatic rings. The summed E-state index contributed by atoms with van der Waals surface area (Å²) in [5, 5.41) is 3.41. The van der Waals surface area contributed by atoms with E-state index >= 15 is 0 Å². The van der Waals surface area contributed by atoms with Crippen LogP contribution in [0.2, 0.25) is 0 Å². The molecule has 1 atom stereocenters. The Morgan fingerprint density at radius 2 is 2.44 bits per heavy atom. The first-order valence-corrected chi connectivity index (χ1v) is 6.08. The number of nitrogens with one attached hydrogen (secondary N) is 1. The second-order valence-electron chi connectivity index (χ2n) is 4.47. The second-order valence-corrected chi connectivity index (χ2v) is 4.47. The van der Waals surface area contributed by atoms with Crippen LogP contribution in [0, 0.1) is 0 Å². The smallest absolute Gasteiger partial charge is 0.339 e.